The highest BCUT2D eigenvalue weighted by Crippen LogP contribution is 2.62. The Morgan fingerprint density at radius 2 is 2.15 bits per heavy atom. The molecule has 2 fully saturated rings. The van der Waals surface area contributed by atoms with E-state index in [4.69, 9.17) is 4.74 Å². The molecule has 0 aliphatic heterocycles. The summed E-state index contributed by atoms with van der Waals surface area (Å²) in [5, 5.41) is 20.8. The summed E-state index contributed by atoms with van der Waals surface area (Å²) >= 11 is 0. The smallest absolute Gasteiger partial charge is 0.306 e. The van der Waals surface area contributed by atoms with Gasteiger partial charge < -0.3 is 14.9 Å². The molecule has 3 aliphatic rings. The van der Waals surface area contributed by atoms with Crippen molar-refractivity contribution in [1.29, 1.82) is 0 Å². The van der Waals surface area contributed by atoms with E-state index in [2.05, 4.69) is 13.0 Å². The maximum Gasteiger partial charge on any atom is 0.306 e. The lowest BCUT2D eigenvalue weighted by Crippen LogP contribution is -2.44. The Labute approximate surface area is 155 Å². The number of hydrogen-bond donors (Lipinski definition) is 2. The van der Waals surface area contributed by atoms with Gasteiger partial charge in [-0.15, -0.1) is 0 Å². The Balaban J connectivity index is 1.58. The van der Waals surface area contributed by atoms with Gasteiger partial charge in [-0.1, -0.05) is 13.0 Å². The van der Waals surface area contributed by atoms with Gasteiger partial charge in [0.25, 0.3) is 0 Å². The predicted molar refractivity (Wildman–Crippen MR) is 98.9 cm³/mol. The van der Waals surface area contributed by atoms with Crippen molar-refractivity contribution in [2.24, 2.45) is 23.2 Å². The van der Waals surface area contributed by atoms with Gasteiger partial charge in [0, 0.05) is 0 Å². The maximum atomic E-state index is 12.0. The molecule has 0 radical (unpaired) electrons. The van der Waals surface area contributed by atoms with Gasteiger partial charge in [-0.2, -0.15) is 0 Å². The van der Waals surface area contributed by atoms with E-state index in [1.54, 1.807) is 0 Å². The number of rotatable bonds is 3. The second-order valence-corrected chi connectivity index (χ2v) is 8.79. The summed E-state index contributed by atoms with van der Waals surface area (Å²) in [6.45, 7) is 4.46. The standard InChI is InChI=1S/C22H30O4/c1-3-26-20(24)12-14-11-19-18-6-4-13-10-15(23)5-7-16(13)17(18)8-9-22(19,2)21(14)25/h5,7,10,14,17-19,21,23,25H,3-4,6,8-9,11-12H2,1-2H3/t14?,17-,18-,19+,21+,22+/m1/s1. The molecule has 4 nitrogen and oxygen atoms in total. The van der Waals surface area contributed by atoms with E-state index in [1.165, 1.54) is 11.1 Å². The zero-order valence-electron chi connectivity index (χ0n) is 15.8. The van der Waals surface area contributed by atoms with Crippen LogP contribution in [0.1, 0.15) is 63.0 Å². The third-order valence-corrected chi connectivity index (χ3v) is 7.56. The van der Waals surface area contributed by atoms with E-state index in [9.17, 15) is 15.0 Å². The molecule has 3 aliphatic carbocycles. The molecule has 4 heteroatoms. The molecular formula is C22H30O4. The number of hydrogen-bond acceptors (Lipinski definition) is 4. The van der Waals surface area contributed by atoms with Crippen molar-refractivity contribution in [3.8, 4) is 5.75 Å². The number of ether oxygens (including phenoxy) is 1. The summed E-state index contributed by atoms with van der Waals surface area (Å²) in [7, 11) is 0. The molecule has 0 aromatic heterocycles. The number of phenols is 1. The molecule has 0 bridgehead atoms. The molecule has 0 saturated heterocycles. The van der Waals surface area contributed by atoms with Crippen molar-refractivity contribution in [3.05, 3.63) is 29.3 Å². The van der Waals surface area contributed by atoms with E-state index in [-0.39, 0.29) is 17.3 Å². The third kappa shape index (κ3) is 2.74. The number of aliphatic hydroxyl groups excluding tert-OH is 1. The minimum Gasteiger partial charge on any atom is -0.508 e. The van der Waals surface area contributed by atoms with Crippen molar-refractivity contribution in [3.63, 3.8) is 0 Å². The lowest BCUT2D eigenvalue weighted by atomic mass is 9.55. The second kappa shape index (κ2) is 6.56. The second-order valence-electron chi connectivity index (χ2n) is 8.79. The van der Waals surface area contributed by atoms with Crippen molar-refractivity contribution < 1.29 is 19.7 Å². The highest BCUT2D eigenvalue weighted by Gasteiger charge is 2.58. The number of aryl methyl sites for hydroxylation is 1. The number of aromatic hydroxyl groups is 1. The Morgan fingerprint density at radius 3 is 2.92 bits per heavy atom. The van der Waals surface area contributed by atoms with Crippen LogP contribution in [0.15, 0.2) is 18.2 Å². The zero-order valence-corrected chi connectivity index (χ0v) is 15.8. The van der Waals surface area contributed by atoms with Gasteiger partial charge in [0.1, 0.15) is 5.75 Å². The van der Waals surface area contributed by atoms with Crippen molar-refractivity contribution in [2.45, 2.75) is 64.4 Å². The number of esters is 1. The Kier molecular flexibility index (Phi) is 4.50. The summed E-state index contributed by atoms with van der Waals surface area (Å²) in [4.78, 5) is 12.0. The van der Waals surface area contributed by atoms with E-state index >= 15 is 0 Å². The number of fused-ring (bicyclic) bond motifs is 5. The zero-order chi connectivity index (χ0) is 18.5. The molecule has 2 saturated carbocycles. The summed E-state index contributed by atoms with van der Waals surface area (Å²) in [5.74, 6) is 1.73. The molecule has 1 aromatic rings. The number of carbonyl (C=O) groups is 1. The molecule has 2 N–H and O–H groups in total. The molecule has 142 valence electrons. The number of benzene rings is 1. The summed E-state index contributed by atoms with van der Waals surface area (Å²) < 4.78 is 5.13. The van der Waals surface area contributed by atoms with E-state index in [1.807, 2.05) is 19.1 Å². The SMILES string of the molecule is CCOC(=O)CC1C[C@H]2[C@@H]3CCc4cc(O)ccc4[C@H]3CC[C@]2(C)[C@H]1O. The molecule has 6 atom stereocenters. The quantitative estimate of drug-likeness (QED) is 0.807. The molecule has 26 heavy (non-hydrogen) atoms. The first-order valence-corrected chi connectivity index (χ1v) is 10.1. The molecular weight excluding hydrogens is 328 g/mol. The number of phenolic OH excluding ortho intramolecular Hbond substituents is 1. The van der Waals surface area contributed by atoms with Gasteiger partial charge in [0.05, 0.1) is 19.1 Å². The fraction of sp³-hybridized carbons (Fsp3) is 0.682. The lowest BCUT2D eigenvalue weighted by molar-refractivity contribution is -0.145. The van der Waals surface area contributed by atoms with E-state index in [0.717, 1.165) is 32.1 Å². The van der Waals surface area contributed by atoms with Gasteiger partial charge >= 0.3 is 5.97 Å². The van der Waals surface area contributed by atoms with Gasteiger partial charge in [0.15, 0.2) is 0 Å². The average molecular weight is 358 g/mol. The lowest BCUT2D eigenvalue weighted by Gasteiger charge is -2.50. The molecule has 0 heterocycles. The van der Waals surface area contributed by atoms with Gasteiger partial charge in [-0.3, -0.25) is 4.79 Å². The molecule has 0 spiro atoms. The largest absolute Gasteiger partial charge is 0.508 e. The molecule has 0 amide bonds. The minimum atomic E-state index is -0.418. The monoisotopic (exact) mass is 358 g/mol. The maximum absolute atomic E-state index is 12.0. The fourth-order valence-electron chi connectivity index (χ4n) is 6.35. The van der Waals surface area contributed by atoms with Gasteiger partial charge in [-0.25, -0.2) is 0 Å². The van der Waals surface area contributed by atoms with Crippen LogP contribution < -0.4 is 0 Å². The topological polar surface area (TPSA) is 66.8 Å². The molecule has 1 unspecified atom stereocenters. The third-order valence-electron chi connectivity index (χ3n) is 7.56. The van der Waals surface area contributed by atoms with Crippen LogP contribution in [-0.4, -0.2) is 28.9 Å². The Morgan fingerprint density at radius 1 is 1.35 bits per heavy atom. The van der Waals surface area contributed by atoms with Crippen molar-refractivity contribution in [1.82, 2.24) is 0 Å². The van der Waals surface area contributed by atoms with Crippen LogP contribution in [0.5, 0.6) is 5.75 Å². The van der Waals surface area contributed by atoms with Crippen LogP contribution in [0.3, 0.4) is 0 Å². The predicted octanol–water partition coefficient (Wildman–Crippen LogP) is 3.79. The first kappa shape index (κ1) is 17.8. The first-order valence-electron chi connectivity index (χ1n) is 10.1. The van der Waals surface area contributed by atoms with E-state index in [0.29, 0.717) is 36.5 Å². The molecule has 4 rings (SSSR count). The van der Waals surface area contributed by atoms with Crippen LogP contribution in [0.4, 0.5) is 0 Å². The van der Waals surface area contributed by atoms with Crippen LogP contribution in [0.25, 0.3) is 0 Å². The van der Waals surface area contributed by atoms with Crippen molar-refractivity contribution in [2.75, 3.05) is 6.61 Å². The van der Waals surface area contributed by atoms with Crippen LogP contribution >= 0.6 is 0 Å². The summed E-state index contributed by atoms with van der Waals surface area (Å²) in [6, 6.07) is 5.83. The first-order chi connectivity index (χ1) is 12.4. The highest BCUT2D eigenvalue weighted by molar-refractivity contribution is 5.69. The average Bonchev–Trinajstić information content (AvgIpc) is 2.86. The Hall–Kier alpha value is -1.55. The molecule has 1 aromatic carbocycles. The van der Waals surface area contributed by atoms with Gasteiger partial charge in [-0.05, 0) is 91.4 Å². The summed E-state index contributed by atoms with van der Waals surface area (Å²) in [5.41, 5.74) is 2.59. The fourth-order valence-corrected chi connectivity index (χ4v) is 6.35. The van der Waals surface area contributed by atoms with E-state index < -0.39 is 6.10 Å². The highest BCUT2D eigenvalue weighted by atomic mass is 16.5. The Bertz CT molecular complexity index is 699. The number of carbonyl (C=O) groups excluding carboxylic acids is 1. The van der Waals surface area contributed by atoms with Crippen LogP contribution in [-0.2, 0) is 16.0 Å². The van der Waals surface area contributed by atoms with Gasteiger partial charge in [0.2, 0.25) is 0 Å². The van der Waals surface area contributed by atoms with Crippen LogP contribution in [0.2, 0.25) is 0 Å². The summed E-state index contributed by atoms with van der Waals surface area (Å²) in [6.07, 6.45) is 5.03. The minimum absolute atomic E-state index is 0.0176. The van der Waals surface area contributed by atoms with Crippen molar-refractivity contribution >= 4 is 5.97 Å². The van der Waals surface area contributed by atoms with Crippen LogP contribution in [0, 0.1) is 23.2 Å². The number of aliphatic hydroxyl groups is 1. The normalized spacial score (nSPS) is 38.2.